The monoisotopic (exact) mass is 243 g/mol. The van der Waals surface area contributed by atoms with Crippen LogP contribution >= 0.6 is 15.9 Å². The summed E-state index contributed by atoms with van der Waals surface area (Å²) in [7, 11) is 0. The molecular formula is C9H14BrN3. The van der Waals surface area contributed by atoms with Crippen LogP contribution < -0.4 is 5.32 Å². The first kappa shape index (κ1) is 10.5. The lowest BCUT2D eigenvalue weighted by Crippen LogP contribution is -2.21. The second-order valence-electron chi connectivity index (χ2n) is 2.86. The molecule has 1 N–H and O–H groups in total. The third kappa shape index (κ3) is 3.74. The highest BCUT2D eigenvalue weighted by atomic mass is 79.9. The zero-order valence-electron chi connectivity index (χ0n) is 7.76. The Balaban J connectivity index is 2.20. The Morgan fingerprint density at radius 3 is 3.08 bits per heavy atom. The number of aromatic nitrogens is 2. The molecule has 0 fully saturated rings. The molecule has 1 aromatic heterocycles. The van der Waals surface area contributed by atoms with Crippen LogP contribution in [0.4, 0.5) is 0 Å². The van der Waals surface area contributed by atoms with E-state index < -0.39 is 0 Å². The quantitative estimate of drug-likeness (QED) is 0.799. The van der Waals surface area contributed by atoms with E-state index >= 15 is 0 Å². The van der Waals surface area contributed by atoms with Crippen molar-refractivity contribution in [2.75, 3.05) is 13.1 Å². The normalized spacial score (nSPS) is 10.3. The average Bonchev–Trinajstić information content (AvgIpc) is 2.45. The zero-order chi connectivity index (χ0) is 9.68. The Morgan fingerprint density at radius 1 is 1.77 bits per heavy atom. The van der Waals surface area contributed by atoms with E-state index in [4.69, 9.17) is 0 Å². The van der Waals surface area contributed by atoms with E-state index in [1.165, 1.54) is 0 Å². The molecule has 4 heteroatoms. The Morgan fingerprint density at radius 2 is 2.54 bits per heavy atom. The molecule has 3 nitrogen and oxygen atoms in total. The minimum absolute atomic E-state index is 0.813. The van der Waals surface area contributed by atoms with E-state index in [0.29, 0.717) is 0 Å². The molecule has 0 saturated heterocycles. The van der Waals surface area contributed by atoms with Crippen LogP contribution in [0.25, 0.3) is 0 Å². The van der Waals surface area contributed by atoms with Gasteiger partial charge in [-0.3, -0.25) is 0 Å². The molecule has 0 amide bonds. The number of hydrogen-bond donors (Lipinski definition) is 1. The van der Waals surface area contributed by atoms with Crippen LogP contribution in [0.15, 0.2) is 23.5 Å². The van der Waals surface area contributed by atoms with Crippen LogP contribution in [0, 0.1) is 6.92 Å². The predicted molar refractivity (Wildman–Crippen MR) is 57.9 cm³/mol. The Bertz CT molecular complexity index is 280. The molecule has 0 spiro atoms. The Labute approximate surface area is 87.0 Å². The second kappa shape index (κ2) is 5.19. The van der Waals surface area contributed by atoms with Gasteiger partial charge in [-0.2, -0.15) is 0 Å². The van der Waals surface area contributed by atoms with Crippen LogP contribution in [0.1, 0.15) is 5.82 Å². The molecule has 0 bridgehead atoms. The zero-order valence-corrected chi connectivity index (χ0v) is 9.34. The fraction of sp³-hybridized carbons (Fsp3) is 0.444. The van der Waals surface area contributed by atoms with Gasteiger partial charge in [0.05, 0.1) is 0 Å². The van der Waals surface area contributed by atoms with Gasteiger partial charge in [0, 0.05) is 36.5 Å². The summed E-state index contributed by atoms with van der Waals surface area (Å²) in [5.74, 6) is 1.06. The molecule has 1 aromatic rings. The van der Waals surface area contributed by atoms with E-state index in [-0.39, 0.29) is 0 Å². The molecule has 0 radical (unpaired) electrons. The van der Waals surface area contributed by atoms with Gasteiger partial charge in [-0.1, -0.05) is 22.5 Å². The molecule has 0 aliphatic rings. The number of halogens is 1. The molecule has 0 aromatic carbocycles. The summed E-state index contributed by atoms with van der Waals surface area (Å²) in [6.45, 7) is 8.44. The standard InChI is InChI=1S/C9H14BrN3/c1-8(10)7-11-3-5-13-6-4-12-9(13)2/h4,6,11H,1,3,5,7H2,2H3. The molecule has 0 unspecified atom stereocenters. The third-order valence-corrected chi connectivity index (χ3v) is 2.05. The first-order valence-corrected chi connectivity index (χ1v) is 5.01. The van der Waals surface area contributed by atoms with Gasteiger partial charge in [-0.25, -0.2) is 4.98 Å². The first-order chi connectivity index (χ1) is 6.20. The van der Waals surface area contributed by atoms with Crippen molar-refractivity contribution in [3.05, 3.63) is 29.3 Å². The maximum absolute atomic E-state index is 4.14. The summed E-state index contributed by atoms with van der Waals surface area (Å²) >= 11 is 3.29. The van der Waals surface area contributed by atoms with E-state index in [1.807, 2.05) is 19.3 Å². The summed E-state index contributed by atoms with van der Waals surface area (Å²) in [6.07, 6.45) is 3.80. The van der Waals surface area contributed by atoms with Crippen molar-refractivity contribution in [3.63, 3.8) is 0 Å². The SMILES string of the molecule is C=C(Br)CNCCn1ccnc1C. The molecule has 72 valence electrons. The van der Waals surface area contributed by atoms with Crippen LogP contribution in [0.3, 0.4) is 0 Å². The summed E-state index contributed by atoms with van der Waals surface area (Å²) in [6, 6.07) is 0. The lowest BCUT2D eigenvalue weighted by Gasteiger charge is -2.05. The van der Waals surface area contributed by atoms with Crippen molar-refractivity contribution in [1.82, 2.24) is 14.9 Å². The van der Waals surface area contributed by atoms with E-state index in [1.54, 1.807) is 0 Å². The van der Waals surface area contributed by atoms with Gasteiger partial charge in [0.2, 0.25) is 0 Å². The van der Waals surface area contributed by atoms with Gasteiger partial charge in [-0.05, 0) is 6.92 Å². The Hall–Kier alpha value is -0.610. The second-order valence-corrected chi connectivity index (χ2v) is 3.98. The van der Waals surface area contributed by atoms with Crippen molar-refractivity contribution in [3.8, 4) is 0 Å². The fourth-order valence-electron chi connectivity index (χ4n) is 1.06. The van der Waals surface area contributed by atoms with E-state index in [2.05, 4.69) is 37.4 Å². The third-order valence-electron chi connectivity index (χ3n) is 1.77. The van der Waals surface area contributed by atoms with Gasteiger partial charge in [0.1, 0.15) is 5.82 Å². The maximum atomic E-state index is 4.14. The van der Waals surface area contributed by atoms with Gasteiger partial charge in [-0.15, -0.1) is 0 Å². The highest BCUT2D eigenvalue weighted by molar-refractivity contribution is 9.11. The maximum Gasteiger partial charge on any atom is 0.105 e. The van der Waals surface area contributed by atoms with Crippen molar-refractivity contribution in [2.24, 2.45) is 0 Å². The summed E-state index contributed by atoms with van der Waals surface area (Å²) in [5, 5.41) is 3.26. The molecule has 13 heavy (non-hydrogen) atoms. The van der Waals surface area contributed by atoms with Gasteiger partial charge in [0.25, 0.3) is 0 Å². The molecule has 1 rings (SSSR count). The van der Waals surface area contributed by atoms with E-state index in [0.717, 1.165) is 29.9 Å². The van der Waals surface area contributed by atoms with Gasteiger partial charge in [0.15, 0.2) is 0 Å². The number of rotatable bonds is 5. The van der Waals surface area contributed by atoms with Crippen molar-refractivity contribution >= 4 is 15.9 Å². The molecular weight excluding hydrogens is 230 g/mol. The van der Waals surface area contributed by atoms with Crippen molar-refractivity contribution in [1.29, 1.82) is 0 Å². The summed E-state index contributed by atoms with van der Waals surface area (Å²) < 4.78 is 3.10. The van der Waals surface area contributed by atoms with Gasteiger partial charge < -0.3 is 9.88 Å². The number of nitrogens with one attached hydrogen (secondary N) is 1. The smallest absolute Gasteiger partial charge is 0.105 e. The highest BCUT2D eigenvalue weighted by Gasteiger charge is 1.95. The number of hydrogen-bond acceptors (Lipinski definition) is 2. The van der Waals surface area contributed by atoms with Crippen LogP contribution in [0.5, 0.6) is 0 Å². The minimum Gasteiger partial charge on any atom is -0.334 e. The van der Waals surface area contributed by atoms with Crippen LogP contribution in [-0.4, -0.2) is 22.6 Å². The summed E-state index contributed by atoms with van der Waals surface area (Å²) in [5.41, 5.74) is 0. The lowest BCUT2D eigenvalue weighted by atomic mass is 10.5. The summed E-state index contributed by atoms with van der Waals surface area (Å²) in [4.78, 5) is 4.14. The fourth-order valence-corrected chi connectivity index (χ4v) is 1.26. The van der Waals surface area contributed by atoms with Crippen molar-refractivity contribution < 1.29 is 0 Å². The van der Waals surface area contributed by atoms with Crippen LogP contribution in [-0.2, 0) is 6.54 Å². The molecule has 1 heterocycles. The number of nitrogens with zero attached hydrogens (tertiary/aromatic N) is 2. The topological polar surface area (TPSA) is 29.9 Å². The number of aryl methyl sites for hydroxylation is 1. The Kier molecular flexibility index (Phi) is 4.18. The lowest BCUT2D eigenvalue weighted by molar-refractivity contribution is 0.611. The van der Waals surface area contributed by atoms with Crippen molar-refractivity contribution in [2.45, 2.75) is 13.5 Å². The molecule has 0 atom stereocenters. The first-order valence-electron chi connectivity index (χ1n) is 4.22. The average molecular weight is 244 g/mol. The largest absolute Gasteiger partial charge is 0.334 e. The van der Waals surface area contributed by atoms with E-state index in [9.17, 15) is 0 Å². The number of imidazole rings is 1. The van der Waals surface area contributed by atoms with Crippen LogP contribution in [0.2, 0.25) is 0 Å². The van der Waals surface area contributed by atoms with Gasteiger partial charge >= 0.3 is 0 Å². The predicted octanol–water partition coefficient (Wildman–Crippen LogP) is 1.69. The molecule has 0 saturated carbocycles. The minimum atomic E-state index is 0.813. The molecule has 0 aliphatic carbocycles. The highest BCUT2D eigenvalue weighted by Crippen LogP contribution is 1.97. The molecule has 0 aliphatic heterocycles.